The molecule has 0 aromatic rings. The standard InChI is InChI=1S/C8H17FO3S/c1-2-3-6-12-7-4-5-8-13(9,10)11/h2-8H2,1H3. The Balaban J connectivity index is 3.09. The maximum atomic E-state index is 12.0. The second kappa shape index (κ2) is 7.26. The lowest BCUT2D eigenvalue weighted by Gasteiger charge is -2.01. The summed E-state index contributed by atoms with van der Waals surface area (Å²) in [7, 11) is -4.28. The fourth-order valence-corrected chi connectivity index (χ4v) is 1.38. The van der Waals surface area contributed by atoms with E-state index in [-0.39, 0.29) is 5.75 Å². The molecule has 0 aliphatic heterocycles. The predicted molar refractivity (Wildman–Crippen MR) is 49.9 cm³/mol. The van der Waals surface area contributed by atoms with Gasteiger partial charge in [-0.25, -0.2) is 0 Å². The van der Waals surface area contributed by atoms with E-state index in [4.69, 9.17) is 4.74 Å². The third kappa shape index (κ3) is 11.8. The SMILES string of the molecule is CCCCOCCCCS(=O)(=O)F. The van der Waals surface area contributed by atoms with E-state index in [0.717, 1.165) is 12.8 Å². The normalized spacial score (nSPS) is 11.8. The number of ether oxygens (including phenoxy) is 1. The van der Waals surface area contributed by atoms with Crippen molar-refractivity contribution >= 4 is 10.2 Å². The zero-order chi connectivity index (χ0) is 10.2. The van der Waals surface area contributed by atoms with Gasteiger partial charge in [0.2, 0.25) is 0 Å². The molecule has 0 aliphatic rings. The number of halogens is 1. The average molecular weight is 212 g/mol. The highest BCUT2D eigenvalue weighted by molar-refractivity contribution is 7.86. The molecule has 0 radical (unpaired) electrons. The van der Waals surface area contributed by atoms with Crippen LogP contribution in [0.25, 0.3) is 0 Å². The molecule has 0 atom stereocenters. The molecular formula is C8H17FO3S. The van der Waals surface area contributed by atoms with E-state index in [2.05, 4.69) is 6.92 Å². The summed E-state index contributed by atoms with van der Waals surface area (Å²) in [4.78, 5) is 0. The third-order valence-electron chi connectivity index (χ3n) is 1.57. The highest BCUT2D eigenvalue weighted by Crippen LogP contribution is 1.99. The van der Waals surface area contributed by atoms with Crippen LogP contribution in [0.15, 0.2) is 0 Å². The lowest BCUT2D eigenvalue weighted by Crippen LogP contribution is -2.02. The highest BCUT2D eigenvalue weighted by atomic mass is 32.3. The molecule has 0 N–H and O–H groups in total. The molecule has 13 heavy (non-hydrogen) atoms. The predicted octanol–water partition coefficient (Wildman–Crippen LogP) is 1.88. The van der Waals surface area contributed by atoms with Gasteiger partial charge in [0.15, 0.2) is 0 Å². The van der Waals surface area contributed by atoms with Gasteiger partial charge < -0.3 is 4.74 Å². The minimum Gasteiger partial charge on any atom is -0.381 e. The van der Waals surface area contributed by atoms with E-state index in [9.17, 15) is 12.3 Å². The van der Waals surface area contributed by atoms with Crippen LogP contribution in [0.2, 0.25) is 0 Å². The number of unbranched alkanes of at least 4 members (excludes halogenated alkanes) is 2. The quantitative estimate of drug-likeness (QED) is 0.456. The summed E-state index contributed by atoms with van der Waals surface area (Å²) in [5.41, 5.74) is 0. The summed E-state index contributed by atoms with van der Waals surface area (Å²) in [6, 6.07) is 0. The summed E-state index contributed by atoms with van der Waals surface area (Å²) in [5, 5.41) is 0. The molecule has 80 valence electrons. The van der Waals surface area contributed by atoms with Gasteiger partial charge in [-0.1, -0.05) is 13.3 Å². The Labute approximate surface area is 79.5 Å². The molecule has 0 unspecified atom stereocenters. The van der Waals surface area contributed by atoms with Crippen molar-refractivity contribution in [1.82, 2.24) is 0 Å². The summed E-state index contributed by atoms with van der Waals surface area (Å²) in [6.45, 7) is 3.30. The van der Waals surface area contributed by atoms with Crippen LogP contribution in [0.5, 0.6) is 0 Å². The van der Waals surface area contributed by atoms with Crippen LogP contribution in [-0.4, -0.2) is 27.4 Å². The van der Waals surface area contributed by atoms with Crippen molar-refractivity contribution in [2.45, 2.75) is 32.6 Å². The minimum absolute atomic E-state index is 0.338. The van der Waals surface area contributed by atoms with Gasteiger partial charge in [-0.3, -0.25) is 0 Å². The average Bonchev–Trinajstić information content (AvgIpc) is 2.01. The van der Waals surface area contributed by atoms with Crippen LogP contribution >= 0.6 is 0 Å². The molecule has 0 aromatic carbocycles. The van der Waals surface area contributed by atoms with Crippen molar-refractivity contribution in [3.8, 4) is 0 Å². The Morgan fingerprint density at radius 3 is 2.31 bits per heavy atom. The molecule has 0 spiro atoms. The minimum atomic E-state index is -4.28. The van der Waals surface area contributed by atoms with Crippen LogP contribution in [0.3, 0.4) is 0 Å². The molecule has 0 saturated heterocycles. The van der Waals surface area contributed by atoms with E-state index in [0.29, 0.717) is 26.1 Å². The second-order valence-corrected chi connectivity index (χ2v) is 4.40. The molecule has 0 amide bonds. The van der Waals surface area contributed by atoms with Gasteiger partial charge in [0.25, 0.3) is 0 Å². The zero-order valence-electron chi connectivity index (χ0n) is 7.96. The maximum absolute atomic E-state index is 12.0. The van der Waals surface area contributed by atoms with Gasteiger partial charge in [0.1, 0.15) is 0 Å². The molecule has 0 bridgehead atoms. The molecule has 5 heteroatoms. The van der Waals surface area contributed by atoms with Gasteiger partial charge in [0.05, 0.1) is 5.75 Å². The van der Waals surface area contributed by atoms with Crippen LogP contribution in [-0.2, 0) is 15.0 Å². The first-order valence-electron chi connectivity index (χ1n) is 4.56. The van der Waals surface area contributed by atoms with Crippen LogP contribution in [0, 0.1) is 0 Å². The molecule has 0 rings (SSSR count). The molecule has 3 nitrogen and oxygen atoms in total. The first kappa shape index (κ1) is 12.8. The highest BCUT2D eigenvalue weighted by Gasteiger charge is 2.05. The molecule has 0 aliphatic carbocycles. The third-order valence-corrected chi connectivity index (χ3v) is 2.35. The monoisotopic (exact) mass is 212 g/mol. The molecular weight excluding hydrogens is 195 g/mol. The van der Waals surface area contributed by atoms with Crippen molar-refractivity contribution in [3.05, 3.63) is 0 Å². The number of hydrogen-bond donors (Lipinski definition) is 0. The Hall–Kier alpha value is -0.160. The Kier molecular flexibility index (Phi) is 7.17. The van der Waals surface area contributed by atoms with E-state index >= 15 is 0 Å². The zero-order valence-corrected chi connectivity index (χ0v) is 8.78. The molecule has 0 fully saturated rings. The molecule has 0 aromatic heterocycles. The lowest BCUT2D eigenvalue weighted by atomic mass is 10.3. The van der Waals surface area contributed by atoms with Gasteiger partial charge in [0, 0.05) is 13.2 Å². The summed E-state index contributed by atoms with van der Waals surface area (Å²) in [6.07, 6.45) is 3.04. The van der Waals surface area contributed by atoms with Crippen LogP contribution in [0.1, 0.15) is 32.6 Å². The second-order valence-electron chi connectivity index (χ2n) is 2.92. The first-order chi connectivity index (χ1) is 6.06. The van der Waals surface area contributed by atoms with Crippen molar-refractivity contribution in [1.29, 1.82) is 0 Å². The van der Waals surface area contributed by atoms with Crippen LogP contribution < -0.4 is 0 Å². The van der Waals surface area contributed by atoms with Gasteiger partial charge in [-0.2, -0.15) is 8.42 Å². The molecule has 0 heterocycles. The topological polar surface area (TPSA) is 43.4 Å². The Bertz CT molecular complexity index is 201. The molecule has 0 saturated carbocycles. The fraction of sp³-hybridized carbons (Fsp3) is 1.00. The Morgan fingerprint density at radius 2 is 1.77 bits per heavy atom. The van der Waals surface area contributed by atoms with Crippen molar-refractivity contribution in [2.24, 2.45) is 0 Å². The summed E-state index contributed by atoms with van der Waals surface area (Å²) >= 11 is 0. The summed E-state index contributed by atoms with van der Waals surface area (Å²) in [5.74, 6) is -0.385. The largest absolute Gasteiger partial charge is 0.381 e. The van der Waals surface area contributed by atoms with Gasteiger partial charge >= 0.3 is 10.2 Å². The Morgan fingerprint density at radius 1 is 1.15 bits per heavy atom. The van der Waals surface area contributed by atoms with E-state index in [1.165, 1.54) is 0 Å². The van der Waals surface area contributed by atoms with Crippen molar-refractivity contribution in [3.63, 3.8) is 0 Å². The number of rotatable bonds is 8. The summed E-state index contributed by atoms with van der Waals surface area (Å²) < 4.78 is 37.2. The van der Waals surface area contributed by atoms with Crippen LogP contribution in [0.4, 0.5) is 3.89 Å². The number of hydrogen-bond acceptors (Lipinski definition) is 3. The lowest BCUT2D eigenvalue weighted by molar-refractivity contribution is 0.128. The van der Waals surface area contributed by atoms with Gasteiger partial charge in [-0.05, 0) is 19.3 Å². The van der Waals surface area contributed by atoms with Crippen molar-refractivity contribution < 1.29 is 17.0 Å². The van der Waals surface area contributed by atoms with Gasteiger partial charge in [-0.15, -0.1) is 3.89 Å². The maximum Gasteiger partial charge on any atom is 0.302 e. The van der Waals surface area contributed by atoms with E-state index in [1.807, 2.05) is 0 Å². The van der Waals surface area contributed by atoms with E-state index in [1.54, 1.807) is 0 Å². The van der Waals surface area contributed by atoms with Crippen molar-refractivity contribution in [2.75, 3.05) is 19.0 Å². The van der Waals surface area contributed by atoms with E-state index < -0.39 is 10.2 Å². The first-order valence-corrected chi connectivity index (χ1v) is 6.11. The smallest absolute Gasteiger partial charge is 0.302 e. The fourth-order valence-electron chi connectivity index (χ4n) is 0.827.